The van der Waals surface area contributed by atoms with Crippen LogP contribution in [0.2, 0.25) is 0 Å². The number of likely N-dealkylation sites (N-methyl/N-ethyl adjacent to an activating group) is 2. The van der Waals surface area contributed by atoms with Gasteiger partial charge in [0.1, 0.15) is 0 Å². The Hall–Kier alpha value is -3.70. The maximum atomic E-state index is 13.4. The number of urea groups is 1. The standard InChI is InChI=1S/C33H37F3N4O3S/c1-37(31(41)26-10-8-24(9-11-26)25-12-14-27(15-13-25)33(34,35)36)29-17-19-40(23-29)32(42)38(2)28-16-18-39(22-28)20-21-44(43)30-6-4-3-5-7-30/h3-15,28-29H,16-23H2,1-2H3/t28?,29-,44?/m0/s1. The maximum absolute atomic E-state index is 13.4. The molecule has 11 heteroatoms. The van der Waals surface area contributed by atoms with Gasteiger partial charge in [0, 0.05) is 69.1 Å². The number of hydrogen-bond acceptors (Lipinski definition) is 4. The number of likely N-dealkylation sites (tertiary alicyclic amines) is 2. The normalized spacial score (nSPS) is 19.6. The molecule has 2 unspecified atom stereocenters. The lowest BCUT2D eigenvalue weighted by Gasteiger charge is -2.30. The van der Waals surface area contributed by atoms with Crippen molar-refractivity contribution in [2.75, 3.05) is 52.6 Å². The van der Waals surface area contributed by atoms with Crippen molar-refractivity contribution in [3.63, 3.8) is 0 Å². The molecule has 3 atom stereocenters. The molecule has 0 saturated carbocycles. The van der Waals surface area contributed by atoms with Crippen LogP contribution in [0.5, 0.6) is 0 Å². The molecule has 0 aliphatic carbocycles. The lowest BCUT2D eigenvalue weighted by atomic mass is 10.0. The van der Waals surface area contributed by atoms with Crippen LogP contribution in [0.25, 0.3) is 11.1 Å². The van der Waals surface area contributed by atoms with Crippen LogP contribution in [-0.4, -0.2) is 100 Å². The van der Waals surface area contributed by atoms with E-state index in [9.17, 15) is 27.0 Å². The first-order chi connectivity index (χ1) is 21.0. The van der Waals surface area contributed by atoms with Crippen LogP contribution in [0.4, 0.5) is 18.0 Å². The molecule has 2 saturated heterocycles. The smallest absolute Gasteiger partial charge is 0.337 e. The summed E-state index contributed by atoms with van der Waals surface area (Å²) in [6.07, 6.45) is -2.86. The second kappa shape index (κ2) is 13.5. The van der Waals surface area contributed by atoms with E-state index in [1.807, 2.05) is 37.4 Å². The van der Waals surface area contributed by atoms with E-state index in [4.69, 9.17) is 0 Å². The van der Waals surface area contributed by atoms with Crippen LogP contribution in [0, 0.1) is 0 Å². The molecule has 2 aliphatic rings. The zero-order chi connectivity index (χ0) is 31.4. The van der Waals surface area contributed by atoms with Gasteiger partial charge in [0.05, 0.1) is 22.4 Å². The van der Waals surface area contributed by atoms with Crippen molar-refractivity contribution in [3.8, 4) is 11.1 Å². The van der Waals surface area contributed by atoms with E-state index < -0.39 is 22.5 Å². The zero-order valence-electron chi connectivity index (χ0n) is 24.9. The van der Waals surface area contributed by atoms with Crippen LogP contribution in [0.15, 0.2) is 83.8 Å². The van der Waals surface area contributed by atoms with Gasteiger partial charge < -0.3 is 19.6 Å². The highest BCUT2D eigenvalue weighted by molar-refractivity contribution is 7.85. The SMILES string of the molecule is CN(C(=O)N1CC[C@H](N(C)C(=O)c2ccc(-c3ccc(C(F)(F)F)cc3)cc2)C1)C1CCN(CCS(=O)c2ccccc2)C1. The number of alkyl halides is 3. The lowest BCUT2D eigenvalue weighted by molar-refractivity contribution is -0.137. The van der Waals surface area contributed by atoms with Crippen LogP contribution in [0.1, 0.15) is 28.8 Å². The Kier molecular flexibility index (Phi) is 9.75. The van der Waals surface area contributed by atoms with E-state index in [0.717, 1.165) is 36.5 Å². The molecule has 0 N–H and O–H groups in total. The van der Waals surface area contributed by atoms with Gasteiger partial charge in [0.25, 0.3) is 5.91 Å². The molecule has 0 bridgehead atoms. The number of amides is 3. The van der Waals surface area contributed by atoms with Gasteiger partial charge in [-0.1, -0.05) is 42.5 Å². The van der Waals surface area contributed by atoms with Crippen molar-refractivity contribution in [2.24, 2.45) is 0 Å². The minimum absolute atomic E-state index is 0.0473. The van der Waals surface area contributed by atoms with Gasteiger partial charge in [0.2, 0.25) is 0 Å². The third kappa shape index (κ3) is 7.32. The summed E-state index contributed by atoms with van der Waals surface area (Å²) in [4.78, 5) is 35.0. The average Bonchev–Trinajstić information content (AvgIpc) is 3.73. The average molecular weight is 627 g/mol. The monoisotopic (exact) mass is 626 g/mol. The molecule has 0 spiro atoms. The molecule has 3 amide bonds. The molecule has 5 rings (SSSR count). The Morgan fingerprint density at radius 3 is 2.05 bits per heavy atom. The van der Waals surface area contributed by atoms with Crippen LogP contribution in [-0.2, 0) is 17.0 Å². The van der Waals surface area contributed by atoms with Crippen molar-refractivity contribution >= 4 is 22.7 Å². The van der Waals surface area contributed by atoms with Gasteiger partial charge in [-0.05, 0) is 60.4 Å². The topological polar surface area (TPSA) is 64.2 Å². The number of rotatable bonds is 8. The van der Waals surface area contributed by atoms with E-state index in [-0.39, 0.29) is 24.0 Å². The first-order valence-electron chi connectivity index (χ1n) is 14.7. The summed E-state index contributed by atoms with van der Waals surface area (Å²) in [5, 5.41) is 0. The minimum atomic E-state index is -4.39. The fourth-order valence-electron chi connectivity index (χ4n) is 5.87. The predicted octanol–water partition coefficient (Wildman–Crippen LogP) is 5.45. The molecule has 3 aromatic rings. The van der Waals surface area contributed by atoms with Gasteiger partial charge in [0.15, 0.2) is 0 Å². The fourth-order valence-corrected chi connectivity index (χ4v) is 6.99. The van der Waals surface area contributed by atoms with Crippen LogP contribution >= 0.6 is 0 Å². The van der Waals surface area contributed by atoms with Crippen LogP contribution < -0.4 is 0 Å². The number of benzene rings is 3. The van der Waals surface area contributed by atoms with Crippen molar-refractivity contribution in [1.29, 1.82) is 0 Å². The van der Waals surface area contributed by atoms with Gasteiger partial charge in [-0.2, -0.15) is 13.2 Å². The summed E-state index contributed by atoms with van der Waals surface area (Å²) in [6, 6.07) is 21.1. The zero-order valence-corrected chi connectivity index (χ0v) is 25.7. The van der Waals surface area contributed by atoms with E-state index in [1.165, 1.54) is 12.1 Å². The van der Waals surface area contributed by atoms with Crippen molar-refractivity contribution < 1.29 is 27.0 Å². The number of nitrogens with zero attached hydrogens (tertiary/aromatic N) is 4. The van der Waals surface area contributed by atoms with Crippen molar-refractivity contribution in [1.82, 2.24) is 19.6 Å². The molecule has 0 aromatic heterocycles. The molecular weight excluding hydrogens is 589 g/mol. The Morgan fingerprint density at radius 1 is 0.818 bits per heavy atom. The minimum Gasteiger partial charge on any atom is -0.337 e. The quantitative estimate of drug-likeness (QED) is 0.334. The summed E-state index contributed by atoms with van der Waals surface area (Å²) < 4.78 is 51.2. The number of carbonyl (C=O) groups excluding carboxylic acids is 2. The third-order valence-corrected chi connectivity index (χ3v) is 10.0. The molecule has 234 valence electrons. The highest BCUT2D eigenvalue weighted by Crippen LogP contribution is 2.31. The lowest BCUT2D eigenvalue weighted by Crippen LogP contribution is -2.47. The first-order valence-corrected chi connectivity index (χ1v) is 16.1. The second-order valence-corrected chi connectivity index (χ2v) is 13.0. The second-order valence-electron chi connectivity index (χ2n) is 11.5. The Bertz CT molecular complexity index is 1470. The van der Waals surface area contributed by atoms with Gasteiger partial charge in [-0.15, -0.1) is 0 Å². The summed E-state index contributed by atoms with van der Waals surface area (Å²) in [5.41, 5.74) is 1.12. The number of halogens is 3. The Labute approximate surface area is 258 Å². The van der Waals surface area contributed by atoms with E-state index >= 15 is 0 Å². The van der Waals surface area contributed by atoms with E-state index in [2.05, 4.69) is 4.90 Å². The summed E-state index contributed by atoms with van der Waals surface area (Å²) >= 11 is 0. The fraction of sp³-hybridized carbons (Fsp3) is 0.394. The summed E-state index contributed by atoms with van der Waals surface area (Å²) in [6.45, 7) is 3.31. The van der Waals surface area contributed by atoms with Gasteiger partial charge in [-0.3, -0.25) is 9.00 Å². The number of hydrogen-bond donors (Lipinski definition) is 0. The molecule has 44 heavy (non-hydrogen) atoms. The maximum Gasteiger partial charge on any atom is 0.416 e. The number of carbonyl (C=O) groups is 2. The molecule has 2 fully saturated rings. The summed E-state index contributed by atoms with van der Waals surface area (Å²) in [5.74, 6) is 0.385. The predicted molar refractivity (Wildman–Crippen MR) is 165 cm³/mol. The van der Waals surface area contributed by atoms with E-state index in [0.29, 0.717) is 48.5 Å². The van der Waals surface area contributed by atoms with Crippen molar-refractivity contribution in [3.05, 3.63) is 90.0 Å². The summed E-state index contributed by atoms with van der Waals surface area (Å²) in [7, 11) is 2.52. The first kappa shape index (κ1) is 31.7. The van der Waals surface area contributed by atoms with Crippen LogP contribution in [0.3, 0.4) is 0 Å². The van der Waals surface area contributed by atoms with Gasteiger partial charge in [-0.25, -0.2) is 4.79 Å². The molecule has 2 heterocycles. The van der Waals surface area contributed by atoms with Crippen molar-refractivity contribution in [2.45, 2.75) is 36.0 Å². The molecule has 7 nitrogen and oxygen atoms in total. The third-order valence-electron chi connectivity index (χ3n) is 8.68. The molecular formula is C33H37F3N4O3S. The molecule has 3 aromatic carbocycles. The van der Waals surface area contributed by atoms with E-state index in [1.54, 1.807) is 46.0 Å². The largest absolute Gasteiger partial charge is 0.416 e. The molecule has 0 radical (unpaired) electrons. The Balaban J connectivity index is 1.10. The highest BCUT2D eigenvalue weighted by atomic mass is 32.2. The molecule has 2 aliphatic heterocycles. The Morgan fingerprint density at radius 2 is 1.41 bits per heavy atom. The van der Waals surface area contributed by atoms with Gasteiger partial charge >= 0.3 is 12.2 Å². The highest BCUT2D eigenvalue weighted by Gasteiger charge is 2.36.